The Labute approximate surface area is 168 Å². The Kier molecular flexibility index (Phi) is 5.38. The lowest BCUT2D eigenvalue weighted by atomic mass is 9.97. The maximum Gasteiger partial charge on any atom is 0.333 e. The van der Waals surface area contributed by atoms with Gasteiger partial charge in [0.1, 0.15) is 0 Å². The first-order chi connectivity index (χ1) is 13.7. The van der Waals surface area contributed by atoms with Crippen molar-refractivity contribution < 1.29 is 23.1 Å². The molecule has 0 aromatic heterocycles. The number of nitrogens with two attached hydrogens (primary N) is 1. The lowest BCUT2D eigenvalue weighted by molar-refractivity contribution is -0.254. The molecule has 3 aromatic rings. The molecule has 0 saturated carbocycles. The second-order valence-corrected chi connectivity index (χ2v) is 8.06. The minimum atomic E-state index is -4.40. The van der Waals surface area contributed by atoms with Gasteiger partial charge in [-0.1, -0.05) is 54.6 Å². The molecule has 3 aromatic carbocycles. The number of hydrogen-bond donors (Lipinski definition) is 1. The number of amides is 2. The molecule has 0 saturated heterocycles. The molecule has 0 fully saturated rings. The van der Waals surface area contributed by atoms with E-state index in [2.05, 4.69) is 0 Å². The number of benzene rings is 3. The molecule has 7 nitrogen and oxygen atoms in total. The number of carbonyl (C=O) groups is 2. The van der Waals surface area contributed by atoms with Crippen LogP contribution in [0, 0.1) is 6.92 Å². The number of carboxylic acid groups (broad SMARTS) is 1. The van der Waals surface area contributed by atoms with Crippen LogP contribution in [0.1, 0.15) is 15.9 Å². The predicted octanol–water partition coefficient (Wildman–Crippen LogP) is 2.30. The van der Waals surface area contributed by atoms with E-state index < -0.39 is 22.0 Å². The van der Waals surface area contributed by atoms with Gasteiger partial charge in [-0.2, -0.15) is 4.31 Å². The third-order valence-corrected chi connectivity index (χ3v) is 5.98. The van der Waals surface area contributed by atoms with Gasteiger partial charge in [0, 0.05) is 11.1 Å². The molecule has 0 radical (unpaired) electrons. The number of nitrogens with zero attached hydrogens (tertiary/aromatic N) is 1. The number of aromatic carboxylic acids is 1. The maximum absolute atomic E-state index is 13.3. The Bertz CT molecular complexity index is 1190. The number of carbonyl (C=O) groups excluding carboxylic acids is 2. The molecule has 148 valence electrons. The van der Waals surface area contributed by atoms with Gasteiger partial charge in [0.05, 0.1) is 16.6 Å². The molecule has 0 bridgehead atoms. The normalized spacial score (nSPS) is 11.1. The maximum atomic E-state index is 13.3. The van der Waals surface area contributed by atoms with Crippen LogP contribution in [-0.2, 0) is 10.0 Å². The highest BCUT2D eigenvalue weighted by molar-refractivity contribution is 7.93. The molecule has 0 aliphatic rings. The molecule has 2 N–H and O–H groups in total. The smallest absolute Gasteiger partial charge is 0.333 e. The number of carboxylic acids is 1. The van der Waals surface area contributed by atoms with Gasteiger partial charge in [0.25, 0.3) is 10.0 Å². The van der Waals surface area contributed by atoms with E-state index in [0.717, 1.165) is 0 Å². The summed E-state index contributed by atoms with van der Waals surface area (Å²) in [6, 6.07) is 16.9. The van der Waals surface area contributed by atoms with Crippen LogP contribution in [0.2, 0.25) is 0 Å². The van der Waals surface area contributed by atoms with E-state index in [-0.39, 0.29) is 21.7 Å². The van der Waals surface area contributed by atoms with Crippen molar-refractivity contribution in [3.63, 3.8) is 0 Å². The number of sulfonamides is 1. The molecule has 0 spiro atoms. The first-order valence-electron chi connectivity index (χ1n) is 8.54. The Hall–Kier alpha value is -3.65. The van der Waals surface area contributed by atoms with Crippen molar-refractivity contribution in [3.05, 3.63) is 83.9 Å². The standard InChI is InChI=1S/C21H18N2O5S/c1-14-7-5-10-16(13-14)29(27,28)23(21(22)26)18-12-6-11-17(20(24)25)19(18)15-8-3-2-4-9-15/h2-13H,1H3,(H2,22,26)(H,24,25)/p-1. The summed E-state index contributed by atoms with van der Waals surface area (Å²) in [5, 5.41) is 11.7. The molecule has 0 unspecified atom stereocenters. The summed E-state index contributed by atoms with van der Waals surface area (Å²) in [5.74, 6) is -1.51. The van der Waals surface area contributed by atoms with Crippen molar-refractivity contribution in [2.24, 2.45) is 5.73 Å². The van der Waals surface area contributed by atoms with Gasteiger partial charge in [-0.05, 0) is 36.2 Å². The second-order valence-electron chi connectivity index (χ2n) is 6.28. The monoisotopic (exact) mass is 409 g/mol. The fourth-order valence-corrected chi connectivity index (χ4v) is 4.48. The summed E-state index contributed by atoms with van der Waals surface area (Å²) in [4.78, 5) is 23.8. The molecular formula is C21H17N2O5S-. The predicted molar refractivity (Wildman–Crippen MR) is 107 cm³/mol. The minimum Gasteiger partial charge on any atom is -0.545 e. The van der Waals surface area contributed by atoms with E-state index in [1.807, 2.05) is 0 Å². The third-order valence-electron chi connectivity index (χ3n) is 4.27. The molecule has 0 atom stereocenters. The lowest BCUT2D eigenvalue weighted by Crippen LogP contribution is -2.41. The van der Waals surface area contributed by atoms with Crippen LogP contribution < -0.4 is 15.1 Å². The van der Waals surface area contributed by atoms with Crippen LogP contribution in [-0.4, -0.2) is 20.4 Å². The van der Waals surface area contributed by atoms with Gasteiger partial charge in [0.2, 0.25) is 0 Å². The summed E-state index contributed by atoms with van der Waals surface area (Å²) >= 11 is 0. The number of anilines is 1. The van der Waals surface area contributed by atoms with E-state index in [9.17, 15) is 23.1 Å². The van der Waals surface area contributed by atoms with Gasteiger partial charge < -0.3 is 15.6 Å². The van der Waals surface area contributed by atoms with E-state index in [0.29, 0.717) is 15.4 Å². The van der Waals surface area contributed by atoms with Crippen LogP contribution in [0.4, 0.5) is 10.5 Å². The van der Waals surface area contributed by atoms with Crippen LogP contribution in [0.3, 0.4) is 0 Å². The Morgan fingerprint density at radius 3 is 2.17 bits per heavy atom. The Morgan fingerprint density at radius 2 is 1.59 bits per heavy atom. The highest BCUT2D eigenvalue weighted by Gasteiger charge is 2.32. The number of rotatable bonds is 5. The number of hydrogen-bond acceptors (Lipinski definition) is 5. The third kappa shape index (κ3) is 3.83. The summed E-state index contributed by atoms with van der Waals surface area (Å²) in [6.45, 7) is 1.71. The first kappa shape index (κ1) is 20.1. The lowest BCUT2D eigenvalue weighted by Gasteiger charge is -2.25. The summed E-state index contributed by atoms with van der Waals surface area (Å²) in [7, 11) is -4.40. The zero-order valence-corrected chi connectivity index (χ0v) is 16.2. The SMILES string of the molecule is Cc1cccc(S(=O)(=O)N(C(N)=O)c2cccc(C(=O)[O-])c2-c2ccccc2)c1. The van der Waals surface area contributed by atoms with Gasteiger partial charge in [-0.15, -0.1) is 0 Å². The van der Waals surface area contributed by atoms with E-state index >= 15 is 0 Å². The van der Waals surface area contributed by atoms with Crippen LogP contribution in [0.25, 0.3) is 11.1 Å². The molecule has 0 aliphatic heterocycles. The second kappa shape index (κ2) is 7.76. The zero-order valence-electron chi connectivity index (χ0n) is 15.4. The molecule has 2 amide bonds. The first-order valence-corrected chi connectivity index (χ1v) is 9.98. The fraction of sp³-hybridized carbons (Fsp3) is 0.0476. The van der Waals surface area contributed by atoms with Crippen molar-refractivity contribution in [3.8, 4) is 11.1 Å². The van der Waals surface area contributed by atoms with Gasteiger partial charge in [-0.25, -0.2) is 13.2 Å². The molecule has 29 heavy (non-hydrogen) atoms. The molecular weight excluding hydrogens is 392 g/mol. The van der Waals surface area contributed by atoms with Crippen LogP contribution in [0.15, 0.2) is 77.7 Å². The van der Waals surface area contributed by atoms with Crippen LogP contribution >= 0.6 is 0 Å². The summed E-state index contributed by atoms with van der Waals surface area (Å²) in [6.07, 6.45) is 0. The Balaban J connectivity index is 2.33. The number of primary amides is 1. The average molecular weight is 409 g/mol. The van der Waals surface area contributed by atoms with Crippen molar-refractivity contribution in [1.29, 1.82) is 0 Å². The number of urea groups is 1. The van der Waals surface area contributed by atoms with Crippen molar-refractivity contribution in [2.75, 3.05) is 4.31 Å². The van der Waals surface area contributed by atoms with Crippen molar-refractivity contribution in [1.82, 2.24) is 0 Å². The summed E-state index contributed by atoms with van der Waals surface area (Å²) < 4.78 is 26.9. The molecule has 0 heterocycles. The van der Waals surface area contributed by atoms with Gasteiger partial charge in [-0.3, -0.25) is 0 Å². The van der Waals surface area contributed by atoms with Gasteiger partial charge >= 0.3 is 6.03 Å². The number of aryl methyl sites for hydroxylation is 1. The van der Waals surface area contributed by atoms with Crippen molar-refractivity contribution >= 4 is 27.7 Å². The summed E-state index contributed by atoms with van der Waals surface area (Å²) in [5.41, 5.74) is 6.09. The quantitative estimate of drug-likeness (QED) is 0.693. The van der Waals surface area contributed by atoms with Crippen molar-refractivity contribution in [2.45, 2.75) is 11.8 Å². The fourth-order valence-electron chi connectivity index (χ4n) is 3.04. The van der Waals surface area contributed by atoms with E-state index in [1.54, 1.807) is 43.3 Å². The topological polar surface area (TPSA) is 121 Å². The van der Waals surface area contributed by atoms with E-state index in [1.165, 1.54) is 36.4 Å². The minimum absolute atomic E-state index is 0.0168. The highest BCUT2D eigenvalue weighted by atomic mass is 32.2. The molecule has 0 aliphatic carbocycles. The van der Waals surface area contributed by atoms with Gasteiger partial charge in [0.15, 0.2) is 0 Å². The molecule has 3 rings (SSSR count). The largest absolute Gasteiger partial charge is 0.545 e. The zero-order chi connectivity index (χ0) is 21.2. The highest BCUT2D eigenvalue weighted by Crippen LogP contribution is 2.36. The van der Waals surface area contributed by atoms with Crippen LogP contribution in [0.5, 0.6) is 0 Å². The average Bonchev–Trinajstić information content (AvgIpc) is 2.68. The Morgan fingerprint density at radius 1 is 0.931 bits per heavy atom. The molecule has 8 heteroatoms. The van der Waals surface area contributed by atoms with E-state index in [4.69, 9.17) is 5.73 Å².